The molecule has 0 saturated heterocycles. The van der Waals surface area contributed by atoms with Gasteiger partial charge in [0, 0.05) is 18.9 Å². The van der Waals surface area contributed by atoms with Crippen molar-refractivity contribution in [3.05, 3.63) is 18.2 Å². The molecule has 0 radical (unpaired) electrons. The van der Waals surface area contributed by atoms with Gasteiger partial charge in [0.1, 0.15) is 0 Å². The minimum absolute atomic E-state index is 0.533. The Labute approximate surface area is 72.4 Å². The second-order valence-electron chi connectivity index (χ2n) is 2.80. The van der Waals surface area contributed by atoms with Crippen molar-refractivity contribution in [2.45, 2.75) is 32.7 Å². The lowest BCUT2D eigenvalue weighted by Gasteiger charge is -2.01. The average Bonchev–Trinajstić information content (AvgIpc) is 2.52. The fourth-order valence-corrected chi connectivity index (χ4v) is 1.16. The van der Waals surface area contributed by atoms with Gasteiger partial charge in [0.05, 0.1) is 0 Å². The highest BCUT2D eigenvalue weighted by molar-refractivity contribution is 5.69. The van der Waals surface area contributed by atoms with Gasteiger partial charge in [-0.1, -0.05) is 19.8 Å². The third kappa shape index (κ3) is 2.19. The van der Waals surface area contributed by atoms with Gasteiger partial charge in [-0.25, -0.2) is 4.98 Å². The number of rotatable bonds is 5. The van der Waals surface area contributed by atoms with E-state index in [1.165, 1.54) is 12.8 Å². The van der Waals surface area contributed by atoms with Crippen LogP contribution in [0.15, 0.2) is 12.4 Å². The second kappa shape index (κ2) is 4.70. The quantitative estimate of drug-likeness (QED) is 0.494. The lowest BCUT2D eigenvalue weighted by Crippen LogP contribution is -2.01. The maximum atomic E-state index is 10.4. The topological polar surface area (TPSA) is 34.9 Å². The van der Waals surface area contributed by atoms with E-state index in [0.717, 1.165) is 19.3 Å². The van der Waals surface area contributed by atoms with E-state index in [1.807, 2.05) is 10.8 Å². The molecule has 3 heteroatoms. The van der Waals surface area contributed by atoms with Crippen LogP contribution in [0.1, 0.15) is 36.8 Å². The summed E-state index contributed by atoms with van der Waals surface area (Å²) >= 11 is 0. The molecule has 3 nitrogen and oxygen atoms in total. The number of imidazole rings is 1. The fourth-order valence-electron chi connectivity index (χ4n) is 1.16. The van der Waals surface area contributed by atoms with Crippen molar-refractivity contribution in [1.82, 2.24) is 9.55 Å². The predicted molar refractivity (Wildman–Crippen MR) is 47.1 cm³/mol. The summed E-state index contributed by atoms with van der Waals surface area (Å²) in [6.45, 7) is 3.07. The van der Waals surface area contributed by atoms with Crippen molar-refractivity contribution in [3.63, 3.8) is 0 Å². The second-order valence-corrected chi connectivity index (χ2v) is 2.80. The molecule has 0 atom stereocenters. The van der Waals surface area contributed by atoms with Crippen molar-refractivity contribution in [2.75, 3.05) is 0 Å². The number of hydrogen-bond acceptors (Lipinski definition) is 2. The Hall–Kier alpha value is -1.12. The number of carbonyl (C=O) groups is 1. The number of aromatic nitrogens is 2. The van der Waals surface area contributed by atoms with Crippen LogP contribution < -0.4 is 0 Å². The highest BCUT2D eigenvalue weighted by Gasteiger charge is 1.98. The van der Waals surface area contributed by atoms with Crippen LogP contribution in [-0.4, -0.2) is 15.8 Å². The van der Waals surface area contributed by atoms with Crippen LogP contribution in [0.4, 0.5) is 0 Å². The molecule has 0 spiro atoms. The van der Waals surface area contributed by atoms with E-state index in [1.54, 1.807) is 6.20 Å². The molecule has 0 aliphatic heterocycles. The molecule has 1 rings (SSSR count). The van der Waals surface area contributed by atoms with Gasteiger partial charge in [-0.15, -0.1) is 0 Å². The zero-order chi connectivity index (χ0) is 8.81. The number of nitrogens with zero attached hydrogens (tertiary/aromatic N) is 2. The van der Waals surface area contributed by atoms with Crippen molar-refractivity contribution < 1.29 is 4.79 Å². The lowest BCUT2D eigenvalue weighted by atomic mass is 10.2. The Morgan fingerprint density at radius 3 is 3.08 bits per heavy atom. The van der Waals surface area contributed by atoms with Gasteiger partial charge in [-0.05, 0) is 6.42 Å². The fraction of sp³-hybridized carbons (Fsp3) is 0.556. The van der Waals surface area contributed by atoms with Gasteiger partial charge in [0.15, 0.2) is 12.1 Å². The minimum atomic E-state index is 0.533. The molecule has 1 heterocycles. The number of hydrogen-bond donors (Lipinski definition) is 0. The third-order valence-electron chi connectivity index (χ3n) is 1.86. The molecule has 0 N–H and O–H groups in total. The summed E-state index contributed by atoms with van der Waals surface area (Å²) in [7, 11) is 0. The van der Waals surface area contributed by atoms with E-state index >= 15 is 0 Å². The highest BCUT2D eigenvalue weighted by atomic mass is 16.1. The van der Waals surface area contributed by atoms with E-state index in [0.29, 0.717) is 5.82 Å². The minimum Gasteiger partial charge on any atom is -0.329 e. The van der Waals surface area contributed by atoms with Crippen LogP contribution in [0.2, 0.25) is 0 Å². The first kappa shape index (κ1) is 8.97. The van der Waals surface area contributed by atoms with E-state index in [-0.39, 0.29) is 0 Å². The Bertz CT molecular complexity index is 242. The van der Waals surface area contributed by atoms with E-state index < -0.39 is 0 Å². The number of carbonyl (C=O) groups excluding carboxylic acids is 1. The Morgan fingerprint density at radius 2 is 2.42 bits per heavy atom. The largest absolute Gasteiger partial charge is 0.329 e. The Morgan fingerprint density at radius 1 is 1.58 bits per heavy atom. The van der Waals surface area contributed by atoms with Crippen LogP contribution in [0.25, 0.3) is 0 Å². The molecule has 0 aliphatic rings. The first-order valence-corrected chi connectivity index (χ1v) is 4.34. The van der Waals surface area contributed by atoms with Crippen molar-refractivity contribution >= 4 is 6.29 Å². The van der Waals surface area contributed by atoms with Gasteiger partial charge < -0.3 is 4.57 Å². The number of aryl methyl sites for hydroxylation is 1. The SMILES string of the molecule is CCCCCn1ccnc1C=O. The summed E-state index contributed by atoms with van der Waals surface area (Å²) in [5.74, 6) is 0.533. The molecule has 0 bridgehead atoms. The molecular formula is C9H14N2O. The molecule has 0 amide bonds. The molecule has 0 fully saturated rings. The third-order valence-corrected chi connectivity index (χ3v) is 1.86. The van der Waals surface area contributed by atoms with Gasteiger partial charge in [0.2, 0.25) is 0 Å². The van der Waals surface area contributed by atoms with Gasteiger partial charge in [-0.3, -0.25) is 4.79 Å². The van der Waals surface area contributed by atoms with Crippen LogP contribution >= 0.6 is 0 Å². The summed E-state index contributed by atoms with van der Waals surface area (Å²) in [5.41, 5.74) is 0. The molecule has 0 aliphatic carbocycles. The maximum absolute atomic E-state index is 10.4. The average molecular weight is 166 g/mol. The Balaban J connectivity index is 2.45. The molecule has 0 saturated carbocycles. The first-order chi connectivity index (χ1) is 5.88. The zero-order valence-corrected chi connectivity index (χ0v) is 7.36. The zero-order valence-electron chi connectivity index (χ0n) is 7.36. The van der Waals surface area contributed by atoms with Gasteiger partial charge in [-0.2, -0.15) is 0 Å². The molecule has 1 aromatic heterocycles. The molecule has 0 unspecified atom stereocenters. The molecule has 1 aromatic rings. The Kier molecular flexibility index (Phi) is 3.51. The lowest BCUT2D eigenvalue weighted by molar-refractivity contribution is 0.111. The number of unbranched alkanes of at least 4 members (excludes halogenated alkanes) is 2. The number of aldehydes is 1. The smallest absolute Gasteiger partial charge is 0.185 e. The standard InChI is InChI=1S/C9H14N2O/c1-2-3-4-6-11-7-5-10-9(11)8-12/h5,7-8H,2-4,6H2,1H3. The summed E-state index contributed by atoms with van der Waals surface area (Å²) < 4.78 is 1.89. The molecule has 0 aromatic carbocycles. The van der Waals surface area contributed by atoms with Crippen LogP contribution in [0.3, 0.4) is 0 Å². The molecular weight excluding hydrogens is 152 g/mol. The predicted octanol–water partition coefficient (Wildman–Crippen LogP) is 1.89. The van der Waals surface area contributed by atoms with E-state index in [9.17, 15) is 4.79 Å². The molecule has 66 valence electrons. The summed E-state index contributed by atoms with van der Waals surface area (Å²) in [6, 6.07) is 0. The van der Waals surface area contributed by atoms with Crippen molar-refractivity contribution in [3.8, 4) is 0 Å². The summed E-state index contributed by atoms with van der Waals surface area (Å²) in [4.78, 5) is 14.3. The van der Waals surface area contributed by atoms with Crippen LogP contribution in [0.5, 0.6) is 0 Å². The van der Waals surface area contributed by atoms with E-state index in [4.69, 9.17) is 0 Å². The highest BCUT2D eigenvalue weighted by Crippen LogP contribution is 2.00. The van der Waals surface area contributed by atoms with Crippen LogP contribution in [0, 0.1) is 0 Å². The van der Waals surface area contributed by atoms with Gasteiger partial charge in [0.25, 0.3) is 0 Å². The monoisotopic (exact) mass is 166 g/mol. The summed E-state index contributed by atoms with van der Waals surface area (Å²) in [5, 5.41) is 0. The van der Waals surface area contributed by atoms with Gasteiger partial charge >= 0.3 is 0 Å². The normalized spacial score (nSPS) is 10.1. The van der Waals surface area contributed by atoms with Crippen LogP contribution in [-0.2, 0) is 6.54 Å². The van der Waals surface area contributed by atoms with Crippen molar-refractivity contribution in [2.24, 2.45) is 0 Å². The van der Waals surface area contributed by atoms with E-state index in [2.05, 4.69) is 11.9 Å². The first-order valence-electron chi connectivity index (χ1n) is 4.34. The maximum Gasteiger partial charge on any atom is 0.185 e. The van der Waals surface area contributed by atoms with Crippen molar-refractivity contribution in [1.29, 1.82) is 0 Å². The summed E-state index contributed by atoms with van der Waals surface area (Å²) in [6.07, 6.45) is 7.83. The molecule has 12 heavy (non-hydrogen) atoms.